The summed E-state index contributed by atoms with van der Waals surface area (Å²) in [4.78, 5) is 48.7. The topological polar surface area (TPSA) is 145 Å². The summed E-state index contributed by atoms with van der Waals surface area (Å²) in [5, 5.41) is 2.98. The number of carbonyl (C=O) groups is 4. The molecule has 0 spiro atoms. The Morgan fingerprint density at radius 2 is 1.38 bits per heavy atom. The van der Waals surface area contributed by atoms with Crippen LogP contribution in [0, 0.1) is 0 Å². The number of esters is 1. The lowest BCUT2D eigenvalue weighted by Crippen LogP contribution is -2.41. The molecule has 4 atom stereocenters. The summed E-state index contributed by atoms with van der Waals surface area (Å²) in [5.74, 6) is -0.719. The lowest BCUT2D eigenvalue weighted by Gasteiger charge is -2.18. The fraction of sp³-hybridized carbons (Fsp3) is 0.643. The van der Waals surface area contributed by atoms with Crippen molar-refractivity contribution >= 4 is 24.4 Å². The van der Waals surface area contributed by atoms with Crippen molar-refractivity contribution in [2.24, 2.45) is 0 Å². The van der Waals surface area contributed by atoms with Gasteiger partial charge in [0.1, 0.15) is 31.0 Å². The molecular formula is C28H43NO11. The summed E-state index contributed by atoms with van der Waals surface area (Å²) in [7, 11) is 1.25. The van der Waals surface area contributed by atoms with Gasteiger partial charge in [0.2, 0.25) is 0 Å². The molecular weight excluding hydrogens is 526 g/mol. The van der Waals surface area contributed by atoms with Gasteiger partial charge in [-0.1, -0.05) is 33.3 Å². The Bertz CT molecular complexity index is 952. The Kier molecular flexibility index (Phi) is 16.1. The number of rotatable bonds is 16. The Hall–Kier alpha value is -3.54. The van der Waals surface area contributed by atoms with E-state index in [0.29, 0.717) is 18.4 Å². The average Bonchev–Trinajstić information content (AvgIpc) is 2.90. The zero-order chi connectivity index (χ0) is 30.1. The van der Waals surface area contributed by atoms with Gasteiger partial charge in [0.15, 0.2) is 11.5 Å². The van der Waals surface area contributed by atoms with Gasteiger partial charge in [0.25, 0.3) is 0 Å². The van der Waals surface area contributed by atoms with Crippen molar-refractivity contribution in [2.75, 3.05) is 20.3 Å². The maximum atomic E-state index is 12.4. The van der Waals surface area contributed by atoms with Gasteiger partial charge >= 0.3 is 24.4 Å². The third-order valence-electron chi connectivity index (χ3n) is 5.77. The number of benzene rings is 1. The lowest BCUT2D eigenvalue weighted by molar-refractivity contribution is -0.143. The minimum Gasteiger partial charge on any atom is -0.468 e. The van der Waals surface area contributed by atoms with Crippen molar-refractivity contribution in [1.82, 2.24) is 5.32 Å². The number of hydrogen-bond acceptors (Lipinski definition) is 12. The second-order valence-corrected chi connectivity index (χ2v) is 9.21. The van der Waals surface area contributed by atoms with Crippen LogP contribution in [0.25, 0.3) is 0 Å². The maximum absolute atomic E-state index is 12.4. The van der Waals surface area contributed by atoms with Crippen LogP contribution in [0.5, 0.6) is 11.5 Å². The van der Waals surface area contributed by atoms with Gasteiger partial charge in [0, 0.05) is 6.54 Å². The van der Waals surface area contributed by atoms with E-state index in [9.17, 15) is 19.2 Å². The smallest absolute Gasteiger partial charge is 0.468 e. The predicted octanol–water partition coefficient (Wildman–Crippen LogP) is 5.33. The highest BCUT2D eigenvalue weighted by atomic mass is 16.8. The molecule has 1 aromatic rings. The van der Waals surface area contributed by atoms with Gasteiger partial charge < -0.3 is 38.5 Å². The summed E-state index contributed by atoms with van der Waals surface area (Å²) in [6, 6.07) is 3.64. The molecule has 0 aliphatic rings. The number of carbonyl (C=O) groups excluding carboxylic acids is 4. The van der Waals surface area contributed by atoms with E-state index in [2.05, 4.69) is 5.32 Å². The van der Waals surface area contributed by atoms with Gasteiger partial charge in [-0.3, -0.25) is 4.79 Å². The normalized spacial score (nSPS) is 13.7. The molecule has 226 valence electrons. The Morgan fingerprint density at radius 3 is 1.93 bits per heavy atom. The SMILES string of the molecule is CCCC(C)OC(=O)OCCN[C@@H](Cc1ccc(OC(=O)OC(C)CC)c(OC(=O)OC(C)CC)c1)C(=O)OC. The molecule has 0 saturated heterocycles. The van der Waals surface area contributed by atoms with E-state index in [1.165, 1.54) is 19.2 Å². The van der Waals surface area contributed by atoms with Gasteiger partial charge in [0.05, 0.1) is 7.11 Å². The summed E-state index contributed by atoms with van der Waals surface area (Å²) >= 11 is 0. The minimum atomic E-state index is -0.980. The molecule has 1 N–H and O–H groups in total. The molecule has 0 bridgehead atoms. The fourth-order valence-corrected chi connectivity index (χ4v) is 3.21. The fourth-order valence-electron chi connectivity index (χ4n) is 3.21. The Balaban J connectivity index is 2.97. The van der Waals surface area contributed by atoms with Crippen LogP contribution in [-0.2, 0) is 34.9 Å². The first-order valence-corrected chi connectivity index (χ1v) is 13.6. The van der Waals surface area contributed by atoms with E-state index in [0.717, 1.165) is 12.8 Å². The molecule has 0 saturated carbocycles. The second-order valence-electron chi connectivity index (χ2n) is 9.21. The van der Waals surface area contributed by atoms with Gasteiger partial charge in [-0.25, -0.2) is 14.4 Å². The summed E-state index contributed by atoms with van der Waals surface area (Å²) < 4.78 is 36.0. The summed E-state index contributed by atoms with van der Waals surface area (Å²) in [6.45, 7) is 11.0. The number of nitrogens with one attached hydrogen (secondary N) is 1. The highest BCUT2D eigenvalue weighted by Gasteiger charge is 2.23. The van der Waals surface area contributed by atoms with Crippen molar-refractivity contribution in [3.63, 3.8) is 0 Å². The van der Waals surface area contributed by atoms with E-state index in [4.69, 9.17) is 33.2 Å². The van der Waals surface area contributed by atoms with E-state index in [1.54, 1.807) is 26.8 Å². The molecule has 0 aromatic heterocycles. The largest absolute Gasteiger partial charge is 0.514 e. The minimum absolute atomic E-state index is 0.0357. The molecule has 12 heteroatoms. The van der Waals surface area contributed by atoms with Crippen molar-refractivity contribution in [3.05, 3.63) is 23.8 Å². The Labute approximate surface area is 235 Å². The third-order valence-corrected chi connectivity index (χ3v) is 5.77. The van der Waals surface area contributed by atoms with Crippen LogP contribution in [0.2, 0.25) is 0 Å². The molecule has 0 heterocycles. The predicted molar refractivity (Wildman–Crippen MR) is 144 cm³/mol. The highest BCUT2D eigenvalue weighted by Crippen LogP contribution is 2.30. The monoisotopic (exact) mass is 569 g/mol. The van der Waals surface area contributed by atoms with Crippen LogP contribution in [0.3, 0.4) is 0 Å². The first-order chi connectivity index (χ1) is 19.0. The molecule has 0 fully saturated rings. The van der Waals surface area contributed by atoms with Crippen LogP contribution in [0.15, 0.2) is 18.2 Å². The zero-order valence-corrected chi connectivity index (χ0v) is 24.5. The van der Waals surface area contributed by atoms with E-state index in [1.807, 2.05) is 20.8 Å². The van der Waals surface area contributed by atoms with E-state index < -0.39 is 36.6 Å². The van der Waals surface area contributed by atoms with Crippen LogP contribution in [-0.4, -0.2) is 69.1 Å². The number of hydrogen-bond donors (Lipinski definition) is 1. The standard InChI is InChI=1S/C28H43NO11/c1-8-11-20(6)38-26(31)35-15-14-29-22(25(30)34-7)16-21-12-13-23(39-27(32)36-18(4)9-2)24(17-21)40-28(33)37-19(5)10-3/h12-13,17-20,22,29H,8-11,14-16H2,1-7H3/t18?,19?,20?,22-/m0/s1. The molecule has 0 amide bonds. The van der Waals surface area contributed by atoms with Crippen LogP contribution in [0.4, 0.5) is 14.4 Å². The number of ether oxygens (including phenoxy) is 7. The maximum Gasteiger partial charge on any atom is 0.514 e. The first-order valence-electron chi connectivity index (χ1n) is 13.6. The van der Waals surface area contributed by atoms with Gasteiger partial charge in [-0.05, 0) is 64.2 Å². The molecule has 0 aliphatic carbocycles. The van der Waals surface area contributed by atoms with E-state index in [-0.39, 0.29) is 43.3 Å². The lowest BCUT2D eigenvalue weighted by atomic mass is 10.1. The van der Waals surface area contributed by atoms with Crippen molar-refractivity contribution in [3.8, 4) is 11.5 Å². The first kappa shape index (κ1) is 34.5. The molecule has 0 aliphatic heterocycles. The quantitative estimate of drug-likeness (QED) is 0.119. The molecule has 0 radical (unpaired) electrons. The van der Waals surface area contributed by atoms with Crippen LogP contribution >= 0.6 is 0 Å². The molecule has 40 heavy (non-hydrogen) atoms. The molecule has 12 nitrogen and oxygen atoms in total. The van der Waals surface area contributed by atoms with Gasteiger partial charge in [-0.2, -0.15) is 0 Å². The van der Waals surface area contributed by atoms with Crippen molar-refractivity contribution in [2.45, 2.75) is 98.0 Å². The summed E-state index contributed by atoms with van der Waals surface area (Å²) in [5.41, 5.74) is 0.547. The zero-order valence-electron chi connectivity index (χ0n) is 24.5. The molecule has 3 unspecified atom stereocenters. The molecule has 1 rings (SSSR count). The summed E-state index contributed by atoms with van der Waals surface area (Å²) in [6.07, 6.45) is -0.872. The van der Waals surface area contributed by atoms with Crippen molar-refractivity contribution in [1.29, 1.82) is 0 Å². The van der Waals surface area contributed by atoms with Gasteiger partial charge in [-0.15, -0.1) is 0 Å². The van der Waals surface area contributed by atoms with Crippen LogP contribution < -0.4 is 14.8 Å². The van der Waals surface area contributed by atoms with E-state index >= 15 is 0 Å². The average molecular weight is 570 g/mol. The second kappa shape index (κ2) is 18.7. The Morgan fingerprint density at radius 1 is 0.800 bits per heavy atom. The number of methoxy groups -OCH3 is 1. The highest BCUT2D eigenvalue weighted by molar-refractivity contribution is 5.76. The van der Waals surface area contributed by atoms with Crippen molar-refractivity contribution < 1.29 is 52.3 Å². The third kappa shape index (κ3) is 13.5. The van der Waals surface area contributed by atoms with Crippen LogP contribution in [0.1, 0.15) is 72.8 Å². The molecule has 1 aromatic carbocycles.